The molecule has 1 rings (SSSR count). The minimum atomic E-state index is -1.59. The zero-order chi connectivity index (χ0) is 11.4. The maximum atomic E-state index is 10.5. The summed E-state index contributed by atoms with van der Waals surface area (Å²) < 4.78 is 4.98. The summed E-state index contributed by atoms with van der Waals surface area (Å²) in [7, 11) is 1.51. The van der Waals surface area contributed by atoms with Gasteiger partial charge in [-0.1, -0.05) is 18.7 Å². The largest absolute Gasteiger partial charge is 0.497 e. The molecule has 0 bridgehead atoms. The fraction of sp³-hybridized carbons (Fsp3) is 0.182. The average molecular weight is 208 g/mol. The van der Waals surface area contributed by atoms with Gasteiger partial charge in [0.2, 0.25) is 0 Å². The van der Waals surface area contributed by atoms with Crippen LogP contribution in [0.3, 0.4) is 0 Å². The summed E-state index contributed by atoms with van der Waals surface area (Å²) in [6, 6.07) is 6.71. The molecule has 0 aliphatic heterocycles. The number of aliphatic carboxylic acids is 1. The Hall–Kier alpha value is -1.81. The van der Waals surface area contributed by atoms with E-state index in [1.807, 2.05) is 0 Å². The lowest BCUT2D eigenvalue weighted by Crippen LogP contribution is -2.20. The smallest absolute Gasteiger partial charge is 0.337 e. The van der Waals surface area contributed by atoms with Crippen molar-refractivity contribution in [3.63, 3.8) is 0 Å². The highest BCUT2D eigenvalue weighted by Crippen LogP contribution is 2.21. The first-order valence-corrected chi connectivity index (χ1v) is 4.30. The van der Waals surface area contributed by atoms with Crippen LogP contribution < -0.4 is 4.74 Å². The van der Waals surface area contributed by atoms with Crippen LogP contribution >= 0.6 is 0 Å². The van der Waals surface area contributed by atoms with Crippen LogP contribution in [0, 0.1) is 0 Å². The number of hydrogen-bond donors (Lipinski definition) is 2. The second-order valence-corrected chi connectivity index (χ2v) is 3.00. The normalized spacial score (nSPS) is 11.9. The Kier molecular flexibility index (Phi) is 3.46. The van der Waals surface area contributed by atoms with E-state index in [4.69, 9.17) is 9.84 Å². The fourth-order valence-electron chi connectivity index (χ4n) is 1.13. The van der Waals surface area contributed by atoms with E-state index in [0.29, 0.717) is 11.3 Å². The van der Waals surface area contributed by atoms with Gasteiger partial charge in [0.15, 0.2) is 6.10 Å². The molecular weight excluding hydrogens is 196 g/mol. The number of ether oxygens (including phenoxy) is 1. The molecule has 1 aromatic rings. The van der Waals surface area contributed by atoms with Crippen LogP contribution in [0.1, 0.15) is 5.56 Å². The van der Waals surface area contributed by atoms with Crippen LogP contribution in [0.25, 0.3) is 5.57 Å². The first-order valence-electron chi connectivity index (χ1n) is 4.30. The van der Waals surface area contributed by atoms with Crippen LogP contribution in [0.15, 0.2) is 30.8 Å². The summed E-state index contributed by atoms with van der Waals surface area (Å²) in [5, 5.41) is 17.9. The lowest BCUT2D eigenvalue weighted by atomic mass is 10.0. The molecule has 0 spiro atoms. The van der Waals surface area contributed by atoms with Crippen molar-refractivity contribution < 1.29 is 19.7 Å². The third kappa shape index (κ3) is 2.57. The van der Waals surface area contributed by atoms with Crippen LogP contribution in [-0.4, -0.2) is 29.4 Å². The van der Waals surface area contributed by atoms with Crippen LogP contribution in [-0.2, 0) is 4.79 Å². The van der Waals surface area contributed by atoms with Gasteiger partial charge in [-0.2, -0.15) is 0 Å². The average Bonchev–Trinajstić information content (AvgIpc) is 2.27. The van der Waals surface area contributed by atoms with Crippen molar-refractivity contribution in [1.29, 1.82) is 0 Å². The molecule has 2 N–H and O–H groups in total. The number of hydrogen-bond acceptors (Lipinski definition) is 3. The van der Waals surface area contributed by atoms with Gasteiger partial charge >= 0.3 is 5.97 Å². The maximum absolute atomic E-state index is 10.5. The van der Waals surface area contributed by atoms with Gasteiger partial charge in [0.25, 0.3) is 0 Å². The highest BCUT2D eigenvalue weighted by molar-refractivity contribution is 5.89. The van der Waals surface area contributed by atoms with Crippen LogP contribution in [0.2, 0.25) is 0 Å². The molecule has 0 fully saturated rings. The molecule has 0 saturated heterocycles. The summed E-state index contributed by atoms with van der Waals surface area (Å²) >= 11 is 0. The van der Waals surface area contributed by atoms with Crippen molar-refractivity contribution in [1.82, 2.24) is 0 Å². The zero-order valence-electron chi connectivity index (χ0n) is 8.30. The predicted octanol–water partition coefficient (Wildman–Crippen LogP) is 1.15. The topological polar surface area (TPSA) is 66.8 Å². The molecule has 0 aliphatic carbocycles. The summed E-state index contributed by atoms with van der Waals surface area (Å²) in [5.74, 6) is -0.728. The summed E-state index contributed by atoms with van der Waals surface area (Å²) in [6.07, 6.45) is -1.59. The van der Waals surface area contributed by atoms with Crippen LogP contribution in [0.4, 0.5) is 0 Å². The zero-order valence-corrected chi connectivity index (χ0v) is 8.30. The highest BCUT2D eigenvalue weighted by Gasteiger charge is 2.18. The number of carboxylic acid groups (broad SMARTS) is 1. The minimum Gasteiger partial charge on any atom is -0.497 e. The third-order valence-electron chi connectivity index (χ3n) is 2.00. The Labute approximate surface area is 87.4 Å². The van der Waals surface area contributed by atoms with E-state index in [-0.39, 0.29) is 5.57 Å². The van der Waals surface area contributed by atoms with Crippen molar-refractivity contribution in [2.45, 2.75) is 6.10 Å². The summed E-state index contributed by atoms with van der Waals surface area (Å²) in [5.41, 5.74) is 0.686. The van der Waals surface area contributed by atoms with E-state index in [2.05, 4.69) is 6.58 Å². The van der Waals surface area contributed by atoms with Gasteiger partial charge in [-0.05, 0) is 23.3 Å². The molecule has 0 aliphatic rings. The SMILES string of the molecule is C=C(c1cccc(OC)c1)C(O)C(=O)O. The Morgan fingerprint density at radius 3 is 2.73 bits per heavy atom. The number of rotatable bonds is 4. The second kappa shape index (κ2) is 4.61. The Balaban J connectivity index is 2.96. The van der Waals surface area contributed by atoms with Gasteiger partial charge in [0.05, 0.1) is 7.11 Å². The van der Waals surface area contributed by atoms with Crippen LogP contribution in [0.5, 0.6) is 5.75 Å². The van der Waals surface area contributed by atoms with Gasteiger partial charge in [-0.3, -0.25) is 0 Å². The molecule has 0 saturated carbocycles. The van der Waals surface area contributed by atoms with E-state index in [1.165, 1.54) is 7.11 Å². The number of carboxylic acids is 1. The molecule has 4 heteroatoms. The summed E-state index contributed by atoms with van der Waals surface area (Å²) in [4.78, 5) is 10.5. The van der Waals surface area contributed by atoms with Gasteiger partial charge in [-0.15, -0.1) is 0 Å². The second-order valence-electron chi connectivity index (χ2n) is 3.00. The van der Waals surface area contributed by atoms with Crippen molar-refractivity contribution >= 4 is 11.5 Å². The molecule has 15 heavy (non-hydrogen) atoms. The van der Waals surface area contributed by atoms with Crippen molar-refractivity contribution in [3.05, 3.63) is 36.4 Å². The quantitative estimate of drug-likeness (QED) is 0.779. The number of carbonyl (C=O) groups is 1. The standard InChI is InChI=1S/C11H12O4/c1-7(10(12)11(13)14)8-4-3-5-9(6-8)15-2/h3-6,10,12H,1H2,2H3,(H,13,14). The molecular formula is C11H12O4. The van der Waals surface area contributed by atoms with E-state index < -0.39 is 12.1 Å². The van der Waals surface area contributed by atoms with Gasteiger partial charge in [-0.25, -0.2) is 4.79 Å². The molecule has 1 aromatic carbocycles. The van der Waals surface area contributed by atoms with E-state index >= 15 is 0 Å². The van der Waals surface area contributed by atoms with E-state index in [9.17, 15) is 9.90 Å². The van der Waals surface area contributed by atoms with Crippen molar-refractivity contribution in [2.24, 2.45) is 0 Å². The molecule has 1 atom stereocenters. The third-order valence-corrected chi connectivity index (χ3v) is 2.00. The number of aliphatic hydroxyl groups excluding tert-OH is 1. The Morgan fingerprint density at radius 1 is 1.53 bits per heavy atom. The number of benzene rings is 1. The highest BCUT2D eigenvalue weighted by atomic mass is 16.5. The molecule has 0 aromatic heterocycles. The van der Waals surface area contributed by atoms with Gasteiger partial charge < -0.3 is 14.9 Å². The van der Waals surface area contributed by atoms with Crippen molar-refractivity contribution in [2.75, 3.05) is 7.11 Å². The monoisotopic (exact) mass is 208 g/mol. The summed E-state index contributed by atoms with van der Waals surface area (Å²) in [6.45, 7) is 3.54. The van der Waals surface area contributed by atoms with E-state index in [0.717, 1.165) is 0 Å². The number of methoxy groups -OCH3 is 1. The Bertz CT molecular complexity index is 384. The molecule has 80 valence electrons. The van der Waals surface area contributed by atoms with Gasteiger partial charge in [0, 0.05) is 0 Å². The molecule has 0 amide bonds. The molecule has 0 radical (unpaired) electrons. The molecule has 0 heterocycles. The lowest BCUT2D eigenvalue weighted by molar-refractivity contribution is -0.143. The molecule has 4 nitrogen and oxygen atoms in total. The van der Waals surface area contributed by atoms with Crippen molar-refractivity contribution in [3.8, 4) is 5.75 Å². The van der Waals surface area contributed by atoms with E-state index in [1.54, 1.807) is 24.3 Å². The Morgan fingerprint density at radius 2 is 2.20 bits per heavy atom. The lowest BCUT2D eigenvalue weighted by Gasteiger charge is -2.10. The molecule has 1 unspecified atom stereocenters. The fourth-order valence-corrected chi connectivity index (χ4v) is 1.13. The minimum absolute atomic E-state index is 0.140. The van der Waals surface area contributed by atoms with Gasteiger partial charge in [0.1, 0.15) is 5.75 Å². The first kappa shape index (κ1) is 11.3. The first-order chi connectivity index (χ1) is 7.06. The number of aliphatic hydroxyl groups is 1. The predicted molar refractivity (Wildman–Crippen MR) is 55.7 cm³/mol. The maximum Gasteiger partial charge on any atom is 0.337 e.